The molecule has 5 nitrogen and oxygen atoms in total. The quantitative estimate of drug-likeness (QED) is 0.809. The van der Waals surface area contributed by atoms with E-state index in [0.717, 1.165) is 47.6 Å². The SMILES string of the molecule is Cc1cccc(NC(=O)CN2CCN(c3ccc(C#N)cc3Br)CC2)c1C. The van der Waals surface area contributed by atoms with E-state index in [2.05, 4.69) is 37.1 Å². The van der Waals surface area contributed by atoms with Gasteiger partial charge in [0.25, 0.3) is 0 Å². The molecular formula is C21H23BrN4O. The van der Waals surface area contributed by atoms with Crippen molar-refractivity contribution < 1.29 is 4.79 Å². The summed E-state index contributed by atoms with van der Waals surface area (Å²) in [5, 5.41) is 12.0. The number of hydrogen-bond acceptors (Lipinski definition) is 4. The molecule has 1 N–H and O–H groups in total. The monoisotopic (exact) mass is 426 g/mol. The maximum Gasteiger partial charge on any atom is 0.238 e. The van der Waals surface area contributed by atoms with Gasteiger partial charge >= 0.3 is 0 Å². The fraction of sp³-hybridized carbons (Fsp3) is 0.333. The minimum Gasteiger partial charge on any atom is -0.368 e. The van der Waals surface area contributed by atoms with Gasteiger partial charge in [-0.05, 0) is 65.2 Å². The number of nitriles is 1. The summed E-state index contributed by atoms with van der Waals surface area (Å²) in [6, 6.07) is 13.8. The predicted octanol–water partition coefficient (Wildman–Crippen LogP) is 3.70. The van der Waals surface area contributed by atoms with Crippen molar-refractivity contribution in [3.8, 4) is 6.07 Å². The van der Waals surface area contributed by atoms with Gasteiger partial charge in [0.2, 0.25) is 5.91 Å². The fourth-order valence-corrected chi connectivity index (χ4v) is 3.89. The molecule has 27 heavy (non-hydrogen) atoms. The summed E-state index contributed by atoms with van der Waals surface area (Å²) in [5.74, 6) is 0.0247. The molecule has 1 amide bonds. The number of hydrogen-bond donors (Lipinski definition) is 1. The van der Waals surface area contributed by atoms with Gasteiger partial charge in [-0.3, -0.25) is 9.69 Å². The van der Waals surface area contributed by atoms with Crippen LogP contribution in [0, 0.1) is 25.2 Å². The molecular weight excluding hydrogens is 404 g/mol. The third-order valence-corrected chi connectivity index (χ3v) is 5.67. The van der Waals surface area contributed by atoms with Gasteiger partial charge in [0.15, 0.2) is 0 Å². The van der Waals surface area contributed by atoms with Gasteiger partial charge in [0.1, 0.15) is 0 Å². The zero-order valence-corrected chi connectivity index (χ0v) is 17.2. The molecule has 140 valence electrons. The lowest BCUT2D eigenvalue weighted by Gasteiger charge is -2.36. The van der Waals surface area contributed by atoms with Crippen LogP contribution in [0.25, 0.3) is 0 Å². The first-order chi connectivity index (χ1) is 13.0. The van der Waals surface area contributed by atoms with Crippen LogP contribution in [0.4, 0.5) is 11.4 Å². The van der Waals surface area contributed by atoms with Gasteiger partial charge in [-0.25, -0.2) is 0 Å². The number of rotatable bonds is 4. The second-order valence-electron chi connectivity index (χ2n) is 6.84. The van der Waals surface area contributed by atoms with Gasteiger partial charge in [-0.1, -0.05) is 12.1 Å². The molecule has 1 fully saturated rings. The van der Waals surface area contributed by atoms with Crippen molar-refractivity contribution >= 4 is 33.2 Å². The topological polar surface area (TPSA) is 59.4 Å². The maximum atomic E-state index is 12.4. The van der Waals surface area contributed by atoms with Crippen LogP contribution in [-0.2, 0) is 4.79 Å². The van der Waals surface area contributed by atoms with Crippen molar-refractivity contribution in [3.05, 3.63) is 57.6 Å². The Morgan fingerprint density at radius 3 is 2.59 bits per heavy atom. The Bertz CT molecular complexity index is 882. The van der Waals surface area contributed by atoms with Crippen LogP contribution >= 0.6 is 15.9 Å². The molecule has 0 aliphatic carbocycles. The largest absolute Gasteiger partial charge is 0.368 e. The molecule has 1 saturated heterocycles. The van der Waals surface area contributed by atoms with Crippen molar-refractivity contribution in [3.63, 3.8) is 0 Å². The molecule has 0 unspecified atom stereocenters. The molecule has 0 aromatic heterocycles. The number of carbonyl (C=O) groups is 1. The minimum absolute atomic E-state index is 0.0247. The molecule has 0 saturated carbocycles. The Balaban J connectivity index is 1.54. The molecule has 1 heterocycles. The van der Waals surface area contributed by atoms with Crippen LogP contribution < -0.4 is 10.2 Å². The van der Waals surface area contributed by atoms with Crippen molar-refractivity contribution in [2.75, 3.05) is 42.9 Å². The van der Waals surface area contributed by atoms with Gasteiger partial charge in [0.05, 0.1) is 23.9 Å². The molecule has 2 aromatic carbocycles. The summed E-state index contributed by atoms with van der Waals surface area (Å²) >= 11 is 3.56. The van der Waals surface area contributed by atoms with E-state index in [0.29, 0.717) is 12.1 Å². The van der Waals surface area contributed by atoms with Crippen LogP contribution in [0.15, 0.2) is 40.9 Å². The lowest BCUT2D eigenvalue weighted by molar-refractivity contribution is -0.117. The van der Waals surface area contributed by atoms with Crippen molar-refractivity contribution in [1.29, 1.82) is 5.26 Å². The second kappa shape index (κ2) is 8.55. The Morgan fingerprint density at radius 2 is 1.93 bits per heavy atom. The molecule has 0 atom stereocenters. The van der Waals surface area contributed by atoms with Crippen LogP contribution in [0.3, 0.4) is 0 Å². The fourth-order valence-electron chi connectivity index (χ4n) is 3.26. The number of benzene rings is 2. The lowest BCUT2D eigenvalue weighted by atomic mass is 10.1. The zero-order valence-electron chi connectivity index (χ0n) is 15.6. The van der Waals surface area contributed by atoms with E-state index in [1.54, 1.807) is 0 Å². The predicted molar refractivity (Wildman–Crippen MR) is 112 cm³/mol. The molecule has 3 rings (SSSR count). The Labute approximate surface area is 168 Å². The number of nitrogens with one attached hydrogen (secondary N) is 1. The van der Waals surface area contributed by atoms with E-state index in [4.69, 9.17) is 5.26 Å². The number of carbonyl (C=O) groups excluding carboxylic acids is 1. The Morgan fingerprint density at radius 1 is 1.19 bits per heavy atom. The first kappa shape index (κ1) is 19.4. The minimum atomic E-state index is 0.0247. The number of anilines is 2. The highest BCUT2D eigenvalue weighted by Gasteiger charge is 2.21. The number of amides is 1. The second-order valence-corrected chi connectivity index (χ2v) is 7.69. The van der Waals surface area contributed by atoms with Gasteiger partial charge in [-0.2, -0.15) is 5.26 Å². The molecule has 0 radical (unpaired) electrons. The van der Waals surface area contributed by atoms with E-state index in [1.807, 2.05) is 50.2 Å². The highest BCUT2D eigenvalue weighted by molar-refractivity contribution is 9.10. The van der Waals surface area contributed by atoms with Crippen LogP contribution in [0.2, 0.25) is 0 Å². The van der Waals surface area contributed by atoms with Gasteiger partial charge in [-0.15, -0.1) is 0 Å². The van der Waals surface area contributed by atoms with Crippen LogP contribution in [0.5, 0.6) is 0 Å². The van der Waals surface area contributed by atoms with E-state index in [-0.39, 0.29) is 5.91 Å². The van der Waals surface area contributed by atoms with Crippen molar-refractivity contribution in [2.45, 2.75) is 13.8 Å². The van der Waals surface area contributed by atoms with Crippen molar-refractivity contribution in [1.82, 2.24) is 4.90 Å². The van der Waals surface area contributed by atoms with Gasteiger partial charge < -0.3 is 10.2 Å². The molecule has 0 bridgehead atoms. The van der Waals surface area contributed by atoms with E-state index >= 15 is 0 Å². The molecule has 2 aromatic rings. The first-order valence-electron chi connectivity index (χ1n) is 9.01. The average molecular weight is 427 g/mol. The summed E-state index contributed by atoms with van der Waals surface area (Å²) < 4.78 is 0.933. The summed E-state index contributed by atoms with van der Waals surface area (Å²) in [6.45, 7) is 7.82. The van der Waals surface area contributed by atoms with E-state index < -0.39 is 0 Å². The number of piperazine rings is 1. The summed E-state index contributed by atoms with van der Waals surface area (Å²) in [7, 11) is 0. The number of aryl methyl sites for hydroxylation is 1. The third kappa shape index (κ3) is 4.68. The highest BCUT2D eigenvalue weighted by atomic mass is 79.9. The summed E-state index contributed by atoms with van der Waals surface area (Å²) in [5.41, 5.74) is 4.91. The Hall–Kier alpha value is -2.36. The molecule has 1 aliphatic heterocycles. The standard InChI is InChI=1S/C21H23BrN4O/c1-15-4-3-5-19(16(15)2)24-21(27)14-25-8-10-26(11-9-25)20-7-6-17(13-23)12-18(20)22/h3-7,12H,8-11,14H2,1-2H3,(H,24,27). The first-order valence-corrected chi connectivity index (χ1v) is 9.80. The number of nitrogens with zero attached hydrogens (tertiary/aromatic N) is 3. The third-order valence-electron chi connectivity index (χ3n) is 5.04. The number of halogens is 1. The smallest absolute Gasteiger partial charge is 0.238 e. The highest BCUT2D eigenvalue weighted by Crippen LogP contribution is 2.28. The van der Waals surface area contributed by atoms with E-state index in [9.17, 15) is 4.79 Å². The normalized spacial score (nSPS) is 14.7. The maximum absolute atomic E-state index is 12.4. The molecule has 0 spiro atoms. The molecule has 6 heteroatoms. The van der Waals surface area contributed by atoms with Crippen molar-refractivity contribution in [2.24, 2.45) is 0 Å². The van der Waals surface area contributed by atoms with Crippen LogP contribution in [0.1, 0.15) is 16.7 Å². The van der Waals surface area contributed by atoms with Gasteiger partial charge in [0, 0.05) is 36.3 Å². The zero-order chi connectivity index (χ0) is 19.4. The Kier molecular flexibility index (Phi) is 6.15. The van der Waals surface area contributed by atoms with E-state index in [1.165, 1.54) is 5.56 Å². The lowest BCUT2D eigenvalue weighted by Crippen LogP contribution is -2.48. The summed E-state index contributed by atoms with van der Waals surface area (Å²) in [4.78, 5) is 16.9. The molecule has 1 aliphatic rings. The van der Waals surface area contributed by atoms with Crippen LogP contribution in [-0.4, -0.2) is 43.5 Å². The average Bonchev–Trinajstić information content (AvgIpc) is 2.66. The summed E-state index contributed by atoms with van der Waals surface area (Å²) in [6.07, 6.45) is 0.